The summed E-state index contributed by atoms with van der Waals surface area (Å²) in [4.78, 5) is 28.2. The SMILES string of the molecule is CC(C)(C)OC(=O)C/C=C/c1cccc(C2(C(=O)OCC34CCN(CC3)CC4)CCCCC2)c1. The first kappa shape index (κ1) is 25.0. The second-order valence-electron chi connectivity index (χ2n) is 11.6. The van der Waals surface area contributed by atoms with Crippen LogP contribution in [0.5, 0.6) is 0 Å². The molecule has 4 aliphatic rings. The monoisotopic (exact) mass is 467 g/mol. The third-order valence-corrected chi connectivity index (χ3v) is 7.94. The molecule has 3 saturated heterocycles. The molecule has 5 nitrogen and oxygen atoms in total. The van der Waals surface area contributed by atoms with Gasteiger partial charge < -0.3 is 14.4 Å². The molecule has 0 amide bonds. The minimum absolute atomic E-state index is 0.0375. The van der Waals surface area contributed by atoms with Gasteiger partial charge in [0, 0.05) is 5.41 Å². The lowest BCUT2D eigenvalue weighted by atomic mass is 9.69. The van der Waals surface area contributed by atoms with Gasteiger partial charge in [0.2, 0.25) is 0 Å². The summed E-state index contributed by atoms with van der Waals surface area (Å²) >= 11 is 0. The average molecular weight is 468 g/mol. The summed E-state index contributed by atoms with van der Waals surface area (Å²) in [5, 5.41) is 0. The third-order valence-electron chi connectivity index (χ3n) is 7.94. The number of nitrogens with zero attached hydrogens (tertiary/aromatic N) is 1. The van der Waals surface area contributed by atoms with Crippen LogP contribution in [0.3, 0.4) is 0 Å². The Labute approximate surface area is 204 Å². The van der Waals surface area contributed by atoms with E-state index in [0.717, 1.165) is 75.7 Å². The molecule has 5 heteroatoms. The third kappa shape index (κ3) is 5.91. The molecule has 3 heterocycles. The highest BCUT2D eigenvalue weighted by Crippen LogP contribution is 2.44. The highest BCUT2D eigenvalue weighted by molar-refractivity contribution is 5.84. The van der Waals surface area contributed by atoms with Gasteiger partial charge in [-0.2, -0.15) is 0 Å². The number of hydrogen-bond acceptors (Lipinski definition) is 5. The summed E-state index contributed by atoms with van der Waals surface area (Å²) < 4.78 is 11.5. The van der Waals surface area contributed by atoms with Crippen LogP contribution in [0.25, 0.3) is 6.08 Å². The average Bonchev–Trinajstić information content (AvgIpc) is 2.83. The summed E-state index contributed by atoms with van der Waals surface area (Å²) in [6.07, 6.45) is 12.4. The van der Waals surface area contributed by atoms with E-state index in [4.69, 9.17) is 9.47 Å². The predicted octanol–water partition coefficient (Wildman–Crippen LogP) is 5.66. The second kappa shape index (κ2) is 10.2. The predicted molar refractivity (Wildman–Crippen MR) is 134 cm³/mol. The first-order valence-electron chi connectivity index (χ1n) is 13.1. The van der Waals surface area contributed by atoms with Crippen molar-refractivity contribution in [2.75, 3.05) is 26.2 Å². The lowest BCUT2D eigenvalue weighted by Crippen LogP contribution is -2.51. The fourth-order valence-electron chi connectivity index (χ4n) is 5.85. The van der Waals surface area contributed by atoms with Crippen molar-refractivity contribution in [2.45, 2.75) is 89.6 Å². The van der Waals surface area contributed by atoms with Crippen LogP contribution in [0.4, 0.5) is 0 Å². The van der Waals surface area contributed by atoms with Crippen molar-refractivity contribution in [3.8, 4) is 0 Å². The summed E-state index contributed by atoms with van der Waals surface area (Å²) in [7, 11) is 0. The lowest BCUT2D eigenvalue weighted by Gasteiger charge is -2.48. The molecule has 0 unspecified atom stereocenters. The zero-order valence-electron chi connectivity index (χ0n) is 21.2. The van der Waals surface area contributed by atoms with Gasteiger partial charge in [0.15, 0.2) is 0 Å². The van der Waals surface area contributed by atoms with Crippen LogP contribution in [0, 0.1) is 5.41 Å². The highest BCUT2D eigenvalue weighted by Gasteiger charge is 2.45. The molecule has 4 fully saturated rings. The van der Waals surface area contributed by atoms with E-state index >= 15 is 0 Å². The fraction of sp³-hybridized carbons (Fsp3) is 0.655. The number of ether oxygens (including phenoxy) is 2. The zero-order valence-corrected chi connectivity index (χ0v) is 21.2. The Kier molecular flexibility index (Phi) is 7.51. The Morgan fingerprint density at radius 1 is 1.00 bits per heavy atom. The van der Waals surface area contributed by atoms with Crippen LogP contribution in [-0.4, -0.2) is 48.7 Å². The minimum atomic E-state index is -0.556. The largest absolute Gasteiger partial charge is 0.464 e. The van der Waals surface area contributed by atoms with Gasteiger partial charge in [-0.3, -0.25) is 9.59 Å². The number of hydrogen-bond donors (Lipinski definition) is 0. The summed E-state index contributed by atoms with van der Waals surface area (Å²) in [6, 6.07) is 8.22. The van der Waals surface area contributed by atoms with Crippen LogP contribution in [0.15, 0.2) is 30.3 Å². The van der Waals surface area contributed by atoms with Gasteiger partial charge in [0.1, 0.15) is 5.60 Å². The Bertz CT molecular complexity index is 885. The maximum atomic E-state index is 13.7. The van der Waals surface area contributed by atoms with Crippen LogP contribution in [0.2, 0.25) is 0 Å². The Morgan fingerprint density at radius 3 is 2.32 bits per heavy atom. The first-order chi connectivity index (χ1) is 16.2. The van der Waals surface area contributed by atoms with Crippen LogP contribution in [-0.2, 0) is 24.5 Å². The Balaban J connectivity index is 1.46. The number of esters is 2. The summed E-state index contributed by atoms with van der Waals surface area (Å²) in [6.45, 7) is 9.60. The summed E-state index contributed by atoms with van der Waals surface area (Å²) in [5.41, 5.74) is 1.20. The van der Waals surface area contributed by atoms with E-state index in [1.165, 1.54) is 6.42 Å². The number of piperidine rings is 3. The van der Waals surface area contributed by atoms with E-state index in [0.29, 0.717) is 6.61 Å². The van der Waals surface area contributed by atoms with Crippen molar-refractivity contribution >= 4 is 18.0 Å². The van der Waals surface area contributed by atoms with Crippen molar-refractivity contribution in [2.24, 2.45) is 5.41 Å². The van der Waals surface area contributed by atoms with Gasteiger partial charge in [0.05, 0.1) is 18.4 Å². The van der Waals surface area contributed by atoms with Gasteiger partial charge in [-0.25, -0.2) is 0 Å². The summed E-state index contributed by atoms with van der Waals surface area (Å²) in [5.74, 6) is -0.274. The van der Waals surface area contributed by atoms with Crippen molar-refractivity contribution < 1.29 is 19.1 Å². The lowest BCUT2D eigenvalue weighted by molar-refractivity contribution is -0.159. The number of benzene rings is 1. The van der Waals surface area contributed by atoms with E-state index in [1.807, 2.05) is 45.1 Å². The van der Waals surface area contributed by atoms with Crippen molar-refractivity contribution in [3.63, 3.8) is 0 Å². The minimum Gasteiger partial charge on any atom is -0.464 e. The standard InChI is InChI=1S/C29H41NO4/c1-27(2,3)34-25(31)12-8-10-23-9-7-11-24(21-23)29(13-5-4-6-14-29)26(32)33-22-28-15-18-30(19-16-28)20-17-28/h7-11,21H,4-6,12-20,22H2,1-3H3/b10-8+. The highest BCUT2D eigenvalue weighted by atomic mass is 16.6. The first-order valence-corrected chi connectivity index (χ1v) is 13.1. The molecule has 186 valence electrons. The molecule has 0 aromatic heterocycles. The van der Waals surface area contributed by atoms with Gasteiger partial charge in [-0.05, 0) is 83.6 Å². The molecule has 0 N–H and O–H groups in total. The van der Waals surface area contributed by atoms with E-state index in [2.05, 4.69) is 17.0 Å². The van der Waals surface area contributed by atoms with Crippen LogP contribution < -0.4 is 0 Å². The fourth-order valence-corrected chi connectivity index (χ4v) is 5.85. The number of fused-ring (bicyclic) bond motifs is 3. The van der Waals surface area contributed by atoms with Crippen molar-refractivity contribution in [1.29, 1.82) is 0 Å². The van der Waals surface area contributed by atoms with Gasteiger partial charge in [-0.15, -0.1) is 0 Å². The number of carbonyl (C=O) groups is 2. The maximum Gasteiger partial charge on any atom is 0.316 e. The molecule has 1 aliphatic carbocycles. The Hall–Kier alpha value is -2.14. The molecule has 5 rings (SSSR count). The molecular formula is C29H41NO4. The molecule has 1 saturated carbocycles. The van der Waals surface area contributed by atoms with Crippen molar-refractivity contribution in [3.05, 3.63) is 41.5 Å². The Morgan fingerprint density at radius 2 is 1.68 bits per heavy atom. The molecule has 3 aliphatic heterocycles. The number of rotatable bonds is 7. The normalized spacial score (nSPS) is 26.4. The molecule has 2 bridgehead atoms. The van der Waals surface area contributed by atoms with Crippen LogP contribution in [0.1, 0.15) is 89.7 Å². The van der Waals surface area contributed by atoms with E-state index in [9.17, 15) is 9.59 Å². The van der Waals surface area contributed by atoms with Crippen molar-refractivity contribution in [1.82, 2.24) is 4.90 Å². The topological polar surface area (TPSA) is 55.8 Å². The zero-order chi connectivity index (χ0) is 24.2. The van der Waals surface area contributed by atoms with Gasteiger partial charge in [-0.1, -0.05) is 55.7 Å². The smallest absolute Gasteiger partial charge is 0.316 e. The van der Waals surface area contributed by atoms with E-state index < -0.39 is 11.0 Å². The maximum absolute atomic E-state index is 13.7. The quantitative estimate of drug-likeness (QED) is 0.484. The molecule has 0 radical (unpaired) electrons. The van der Waals surface area contributed by atoms with E-state index in [-0.39, 0.29) is 23.8 Å². The van der Waals surface area contributed by atoms with Crippen LogP contribution >= 0.6 is 0 Å². The van der Waals surface area contributed by atoms with E-state index in [1.54, 1.807) is 0 Å². The molecular weight excluding hydrogens is 426 g/mol. The molecule has 0 atom stereocenters. The molecule has 34 heavy (non-hydrogen) atoms. The number of carbonyl (C=O) groups excluding carboxylic acids is 2. The second-order valence-corrected chi connectivity index (χ2v) is 11.6. The molecule has 0 spiro atoms. The molecule has 1 aromatic rings. The van der Waals surface area contributed by atoms with Gasteiger partial charge >= 0.3 is 11.9 Å². The molecule has 1 aromatic carbocycles. The van der Waals surface area contributed by atoms with Gasteiger partial charge in [0.25, 0.3) is 0 Å².